The van der Waals surface area contributed by atoms with Gasteiger partial charge in [0.15, 0.2) is 5.96 Å². The number of hydrogen-bond acceptors (Lipinski definition) is 6. The van der Waals surface area contributed by atoms with Crippen molar-refractivity contribution in [2.45, 2.75) is 103 Å². The van der Waals surface area contributed by atoms with Crippen LogP contribution in [-0.2, 0) is 24.0 Å². The van der Waals surface area contributed by atoms with Crippen LogP contribution >= 0.6 is 0 Å². The van der Waals surface area contributed by atoms with E-state index in [-0.39, 0.29) is 36.5 Å². The fourth-order valence-electron chi connectivity index (χ4n) is 4.85. The summed E-state index contributed by atoms with van der Waals surface area (Å²) in [5.74, 6) is -2.82. The highest BCUT2D eigenvalue weighted by Gasteiger charge is 2.38. The first-order valence-corrected chi connectivity index (χ1v) is 15.5. The number of hydrogen-bond donors (Lipinski definition) is 8. The Morgan fingerprint density at radius 2 is 1.64 bits per heavy atom. The van der Waals surface area contributed by atoms with E-state index in [1.807, 2.05) is 6.07 Å². The Balaban J connectivity index is 2.38. The van der Waals surface area contributed by atoms with Gasteiger partial charge < -0.3 is 37.6 Å². The zero-order chi connectivity index (χ0) is 32.7. The molecule has 1 aliphatic rings. The van der Waals surface area contributed by atoms with Crippen molar-refractivity contribution < 1.29 is 24.0 Å². The number of guanidine groups is 1. The van der Waals surface area contributed by atoms with Crippen LogP contribution in [0.3, 0.4) is 0 Å². The average molecular weight is 615 g/mol. The highest BCUT2D eigenvalue weighted by Crippen LogP contribution is 2.19. The summed E-state index contributed by atoms with van der Waals surface area (Å²) in [6.45, 7) is 7.57. The lowest BCUT2D eigenvalue weighted by Gasteiger charge is -2.33. The summed E-state index contributed by atoms with van der Waals surface area (Å²) in [5.41, 5.74) is 4.71. The van der Waals surface area contributed by atoms with E-state index in [0.29, 0.717) is 44.3 Å². The molecule has 13 heteroatoms. The minimum absolute atomic E-state index is 0.180. The van der Waals surface area contributed by atoms with Gasteiger partial charge in [-0.3, -0.25) is 29.4 Å². The average Bonchev–Trinajstić information content (AvgIpc) is 2.98. The maximum atomic E-state index is 13.7. The van der Waals surface area contributed by atoms with Crippen molar-refractivity contribution in [2.24, 2.45) is 11.7 Å². The molecule has 0 radical (unpaired) electrons. The molecule has 5 amide bonds. The molecular formula is C31H50N8O5. The highest BCUT2D eigenvalue weighted by atomic mass is 16.2. The molecule has 1 aromatic carbocycles. The van der Waals surface area contributed by atoms with Crippen LogP contribution in [0.15, 0.2) is 30.3 Å². The van der Waals surface area contributed by atoms with Gasteiger partial charge in [-0.25, -0.2) is 0 Å². The predicted molar refractivity (Wildman–Crippen MR) is 168 cm³/mol. The van der Waals surface area contributed by atoms with Gasteiger partial charge in [0, 0.05) is 19.0 Å². The van der Waals surface area contributed by atoms with Crippen LogP contribution in [0.2, 0.25) is 0 Å². The van der Waals surface area contributed by atoms with Crippen LogP contribution in [0.5, 0.6) is 0 Å². The van der Waals surface area contributed by atoms with Gasteiger partial charge in [-0.1, -0.05) is 70.4 Å². The molecule has 0 aromatic heterocycles. The molecule has 4 atom stereocenters. The first-order chi connectivity index (χ1) is 20.9. The standard InChI is InChI=1S/C31H50N8O5/c1-5-22-26(41)38-24(21-14-9-8-10-15-21)28(43)34-18-12-7-6-11-17-31(4,39-25(40)20(2)3)29(44)37-23(27(42)36-22)16-13-19-35-30(32)33/h8-10,14-15,20,22-24H,5-7,11-13,16-19H2,1-4H3,(H,34,43)(H,36,42)(H,37,44)(H,38,41)(H,39,40)(H4,32,33,35)/t22-,23-,24-,31+/m0/s1. The maximum absolute atomic E-state index is 13.7. The van der Waals surface area contributed by atoms with E-state index in [1.165, 1.54) is 0 Å². The summed E-state index contributed by atoms with van der Waals surface area (Å²) in [6.07, 6.45) is 4.02. The minimum atomic E-state index is -1.28. The van der Waals surface area contributed by atoms with Crippen molar-refractivity contribution in [1.82, 2.24) is 31.9 Å². The van der Waals surface area contributed by atoms with Gasteiger partial charge in [-0.05, 0) is 44.6 Å². The number of nitrogens with two attached hydrogens (primary N) is 1. The molecular weight excluding hydrogens is 564 g/mol. The molecule has 0 aliphatic carbocycles. The molecule has 0 spiro atoms. The summed E-state index contributed by atoms with van der Waals surface area (Å²) in [7, 11) is 0. The van der Waals surface area contributed by atoms with Crippen molar-refractivity contribution in [2.75, 3.05) is 13.1 Å². The van der Waals surface area contributed by atoms with E-state index in [2.05, 4.69) is 31.9 Å². The molecule has 1 heterocycles. The molecule has 1 fully saturated rings. The van der Waals surface area contributed by atoms with Gasteiger partial charge in [0.05, 0.1) is 0 Å². The van der Waals surface area contributed by atoms with Gasteiger partial charge >= 0.3 is 0 Å². The van der Waals surface area contributed by atoms with Crippen LogP contribution in [0, 0.1) is 11.3 Å². The van der Waals surface area contributed by atoms with E-state index in [4.69, 9.17) is 11.1 Å². The maximum Gasteiger partial charge on any atom is 0.247 e. The predicted octanol–water partition coefficient (Wildman–Crippen LogP) is 1.10. The van der Waals surface area contributed by atoms with Gasteiger partial charge in [-0.2, -0.15) is 0 Å². The third-order valence-corrected chi connectivity index (χ3v) is 7.66. The Kier molecular flexibility index (Phi) is 14.6. The normalized spacial score (nSPS) is 24.5. The second-order valence-electron chi connectivity index (χ2n) is 11.8. The summed E-state index contributed by atoms with van der Waals surface area (Å²) in [5, 5.41) is 24.2. The SMILES string of the molecule is CC[C@@H]1NC(=O)[C@H](CCCNC(=N)N)NC(=O)[C@](C)(NC(=O)C(C)C)CCCCCCNC(=O)[C@H](c2ccccc2)NC1=O. The topological polar surface area (TPSA) is 207 Å². The van der Waals surface area contributed by atoms with E-state index in [9.17, 15) is 24.0 Å². The van der Waals surface area contributed by atoms with E-state index < -0.39 is 41.4 Å². The first kappa shape index (κ1) is 36.0. The zero-order valence-electron chi connectivity index (χ0n) is 26.4. The van der Waals surface area contributed by atoms with Gasteiger partial charge in [-0.15, -0.1) is 0 Å². The van der Waals surface area contributed by atoms with Crippen molar-refractivity contribution in [3.05, 3.63) is 35.9 Å². The fourth-order valence-corrected chi connectivity index (χ4v) is 4.85. The largest absolute Gasteiger partial charge is 0.370 e. The van der Waals surface area contributed by atoms with Crippen LogP contribution in [0.4, 0.5) is 0 Å². The Bertz CT molecular complexity index is 1150. The van der Waals surface area contributed by atoms with E-state index in [1.54, 1.807) is 52.0 Å². The lowest BCUT2D eigenvalue weighted by molar-refractivity contribution is -0.137. The molecule has 1 aromatic rings. The lowest BCUT2D eigenvalue weighted by atomic mass is 9.91. The van der Waals surface area contributed by atoms with Crippen molar-refractivity contribution >= 4 is 35.5 Å². The minimum Gasteiger partial charge on any atom is -0.370 e. The van der Waals surface area contributed by atoms with Gasteiger partial charge in [0.2, 0.25) is 29.5 Å². The number of nitrogens with one attached hydrogen (secondary N) is 7. The third kappa shape index (κ3) is 11.5. The second kappa shape index (κ2) is 17.8. The monoisotopic (exact) mass is 614 g/mol. The fraction of sp³-hybridized carbons (Fsp3) is 0.613. The molecule has 0 unspecified atom stereocenters. The Morgan fingerprint density at radius 1 is 0.977 bits per heavy atom. The number of rotatable bonds is 8. The van der Waals surface area contributed by atoms with Gasteiger partial charge in [0.25, 0.3) is 0 Å². The third-order valence-electron chi connectivity index (χ3n) is 7.66. The van der Waals surface area contributed by atoms with Crippen LogP contribution < -0.4 is 37.6 Å². The number of benzene rings is 1. The molecule has 0 bridgehead atoms. The van der Waals surface area contributed by atoms with Crippen LogP contribution in [-0.4, -0.2) is 66.2 Å². The Hall–Kier alpha value is -4.16. The molecule has 44 heavy (non-hydrogen) atoms. The van der Waals surface area contributed by atoms with Gasteiger partial charge in [0.1, 0.15) is 23.7 Å². The summed E-state index contributed by atoms with van der Waals surface area (Å²) >= 11 is 0. The summed E-state index contributed by atoms with van der Waals surface area (Å²) in [4.78, 5) is 66.6. The van der Waals surface area contributed by atoms with Crippen LogP contribution in [0.1, 0.15) is 90.7 Å². The number of carbonyl (C=O) groups excluding carboxylic acids is 5. The number of carbonyl (C=O) groups is 5. The van der Waals surface area contributed by atoms with Crippen LogP contribution in [0.25, 0.3) is 0 Å². The molecule has 2 rings (SSSR count). The Labute approximate surface area is 260 Å². The van der Waals surface area contributed by atoms with E-state index >= 15 is 0 Å². The van der Waals surface area contributed by atoms with Crippen molar-refractivity contribution in [3.63, 3.8) is 0 Å². The first-order valence-electron chi connectivity index (χ1n) is 15.5. The Morgan fingerprint density at radius 3 is 2.27 bits per heavy atom. The molecule has 0 saturated carbocycles. The zero-order valence-corrected chi connectivity index (χ0v) is 26.4. The van der Waals surface area contributed by atoms with Crippen molar-refractivity contribution in [3.8, 4) is 0 Å². The van der Waals surface area contributed by atoms with Crippen molar-refractivity contribution in [1.29, 1.82) is 5.41 Å². The smallest absolute Gasteiger partial charge is 0.247 e. The quantitative estimate of drug-likeness (QED) is 0.121. The summed E-state index contributed by atoms with van der Waals surface area (Å²) in [6, 6.07) is 5.92. The lowest BCUT2D eigenvalue weighted by Crippen LogP contribution is -2.62. The second-order valence-corrected chi connectivity index (χ2v) is 11.8. The number of amides is 5. The summed E-state index contributed by atoms with van der Waals surface area (Å²) < 4.78 is 0. The van der Waals surface area contributed by atoms with E-state index in [0.717, 1.165) is 12.8 Å². The molecule has 1 aliphatic heterocycles. The molecule has 9 N–H and O–H groups in total. The molecule has 1 saturated heterocycles. The molecule has 13 nitrogen and oxygen atoms in total. The molecule has 244 valence electrons. The highest BCUT2D eigenvalue weighted by molar-refractivity contribution is 5.97.